The Kier molecular flexibility index (Phi) is 30.8. The van der Waals surface area contributed by atoms with Crippen LogP contribution in [0, 0.1) is 10.2 Å². The summed E-state index contributed by atoms with van der Waals surface area (Å²) < 4.78 is 34.1. The first-order valence-electron chi connectivity index (χ1n) is 10.3. The van der Waals surface area contributed by atoms with E-state index >= 15 is 0 Å². The molecule has 0 aromatic carbocycles. The molecule has 0 rings (SSSR count). The van der Waals surface area contributed by atoms with Crippen molar-refractivity contribution >= 4 is 6.16 Å². The van der Waals surface area contributed by atoms with Gasteiger partial charge in [-0.1, -0.05) is 59.5 Å². The maximum absolute atomic E-state index is 8.60. The largest absolute Gasteiger partial charge is 0.565 e. The maximum Gasteiger partial charge on any atom is 0.249 e. The van der Waals surface area contributed by atoms with Crippen LogP contribution in [0.2, 0.25) is 0 Å². The van der Waals surface area contributed by atoms with Crippen molar-refractivity contribution in [2.45, 2.75) is 86.0 Å². The van der Waals surface area contributed by atoms with Crippen molar-refractivity contribution in [2.24, 2.45) is 0 Å². The lowest BCUT2D eigenvalue weighted by molar-refractivity contribution is -1.92. The number of carbonyl (C=O) groups is 1. The van der Waals surface area contributed by atoms with Crippen LogP contribution in [0.1, 0.15) is 86.0 Å². The molecule has 0 saturated heterocycles. The topological polar surface area (TPSA) is 150 Å². The van der Waals surface area contributed by atoms with E-state index in [1.165, 1.54) is 82.0 Å². The molecular weight excluding hydrogens is 402 g/mol. The van der Waals surface area contributed by atoms with Crippen LogP contribution in [-0.2, 0) is 0 Å². The molecule has 29 heavy (non-hydrogen) atoms. The highest BCUT2D eigenvalue weighted by atomic mass is 35.7. The van der Waals surface area contributed by atoms with E-state index in [9.17, 15) is 0 Å². The van der Waals surface area contributed by atoms with Crippen LogP contribution in [0.4, 0.5) is 4.79 Å². The number of halogens is 1. The van der Waals surface area contributed by atoms with E-state index in [4.69, 9.17) is 33.6 Å². The summed E-state index contributed by atoms with van der Waals surface area (Å²) in [5, 5.41) is 15.3. The first kappa shape index (κ1) is 35.5. The fourth-order valence-corrected chi connectivity index (χ4v) is 2.64. The van der Waals surface area contributed by atoms with Crippen LogP contribution < -0.4 is 19.1 Å². The molecule has 0 atom stereocenters. The molecule has 178 valence electrons. The number of nitrogens with zero attached hydrogens (tertiary/aromatic N) is 1. The first-order valence-corrected chi connectivity index (χ1v) is 11.6. The van der Waals surface area contributed by atoms with Crippen molar-refractivity contribution in [1.29, 1.82) is 0 Å². The lowest BCUT2D eigenvalue weighted by Crippen LogP contribution is -2.58. The summed E-state index contributed by atoms with van der Waals surface area (Å²) in [7, 11) is -4.69. The number of unbranched alkanes of at least 4 members (excludes halogenated alkanes) is 4. The Hall–Kier alpha value is -0.900. The molecule has 0 bridgehead atoms. The minimum absolute atomic E-state index is 1.35. The molecule has 0 aromatic heterocycles. The Morgan fingerprint density at radius 1 is 0.862 bits per heavy atom. The Morgan fingerprint density at radius 2 is 1.00 bits per heavy atom. The SMILES string of the molecule is C=CC.CCCC[N+](CCCC)(CCCC)CCCC.O=C([O-])O.[O-][Cl+3]([O-])([O-])O. The van der Waals surface area contributed by atoms with Crippen molar-refractivity contribution in [2.75, 3.05) is 26.2 Å². The number of allylic oxidation sites excluding steroid dienone is 1. The fraction of sp³-hybridized carbons (Fsp3) is 0.850. The second kappa shape index (κ2) is 25.1. The Bertz CT molecular complexity index is 303. The second-order valence-electron chi connectivity index (χ2n) is 6.72. The van der Waals surface area contributed by atoms with Crippen LogP contribution in [0.3, 0.4) is 0 Å². The van der Waals surface area contributed by atoms with Gasteiger partial charge >= 0.3 is 0 Å². The summed E-state index contributed by atoms with van der Waals surface area (Å²) in [5.41, 5.74) is 0. The molecule has 0 unspecified atom stereocenters. The standard InChI is InChI=1S/C16H36N.C3H6.CH2O3.ClHO4/c1-5-9-13-17(14-10-6-2,15-11-7-3)16-12-8-4;1-3-2;2-1(3)4;2-1(3,4)5/h5-16H2,1-4H3;3H,1H2,2H3;(H2,2,3,4);(H,2,3,4,5)/q+1;;;/p-1. The highest BCUT2D eigenvalue weighted by Crippen LogP contribution is 2.16. The zero-order valence-electron chi connectivity index (χ0n) is 19.0. The normalized spacial score (nSPS) is 10.4. The average molecular weight is 446 g/mol. The molecule has 9 heteroatoms. The molecule has 0 aromatic rings. The molecule has 0 spiro atoms. The van der Waals surface area contributed by atoms with Gasteiger partial charge in [-0.25, -0.2) is 0 Å². The van der Waals surface area contributed by atoms with Gasteiger partial charge in [0.25, 0.3) is 0 Å². The van der Waals surface area contributed by atoms with Gasteiger partial charge in [-0.2, -0.15) is 14.0 Å². The minimum Gasteiger partial charge on any atom is -0.565 e. The fourth-order valence-electron chi connectivity index (χ4n) is 2.64. The van der Waals surface area contributed by atoms with Gasteiger partial charge < -0.3 is 19.5 Å². The van der Waals surface area contributed by atoms with Crippen molar-refractivity contribution < 1.29 is 48.4 Å². The summed E-state index contributed by atoms with van der Waals surface area (Å²) in [6.07, 6.45) is 10.7. The summed E-state index contributed by atoms with van der Waals surface area (Å²) in [6, 6.07) is 0. The smallest absolute Gasteiger partial charge is 0.249 e. The van der Waals surface area contributed by atoms with Crippen molar-refractivity contribution in [1.82, 2.24) is 0 Å². The zero-order valence-corrected chi connectivity index (χ0v) is 19.8. The van der Waals surface area contributed by atoms with Gasteiger partial charge in [-0.3, -0.25) is 0 Å². The third kappa shape index (κ3) is 46.8. The lowest BCUT2D eigenvalue weighted by atomic mass is 10.1. The Morgan fingerprint density at radius 3 is 1.10 bits per heavy atom. The number of hydrogen-bond donors (Lipinski definition) is 2. The highest BCUT2D eigenvalue weighted by Gasteiger charge is 2.24. The predicted octanol–water partition coefficient (Wildman–Crippen LogP) is 0.960. The van der Waals surface area contributed by atoms with E-state index in [-0.39, 0.29) is 0 Å². The molecule has 0 aliphatic heterocycles. The van der Waals surface area contributed by atoms with Gasteiger partial charge in [0.1, 0.15) is 0 Å². The van der Waals surface area contributed by atoms with Gasteiger partial charge in [0, 0.05) is 0 Å². The Balaban J connectivity index is -0.000000212. The molecule has 0 amide bonds. The van der Waals surface area contributed by atoms with E-state index in [1.807, 2.05) is 6.92 Å². The molecule has 2 N–H and O–H groups in total. The molecule has 0 aliphatic carbocycles. The predicted molar refractivity (Wildman–Crippen MR) is 105 cm³/mol. The van der Waals surface area contributed by atoms with Gasteiger partial charge in [0.2, 0.25) is 6.16 Å². The van der Waals surface area contributed by atoms with Gasteiger partial charge in [-0.15, -0.1) is 6.58 Å². The van der Waals surface area contributed by atoms with Crippen molar-refractivity contribution in [3.63, 3.8) is 0 Å². The number of quaternary nitrogens is 1. The zero-order chi connectivity index (χ0) is 23.8. The summed E-state index contributed by atoms with van der Waals surface area (Å²) in [6.45, 7) is 20.3. The van der Waals surface area contributed by atoms with Crippen LogP contribution in [0.15, 0.2) is 12.7 Å². The molecule has 8 nitrogen and oxygen atoms in total. The van der Waals surface area contributed by atoms with E-state index in [1.54, 1.807) is 6.08 Å². The molecular formula is C20H44ClNO7. The van der Waals surface area contributed by atoms with Gasteiger partial charge in [0.15, 0.2) is 0 Å². The molecule has 0 heterocycles. The van der Waals surface area contributed by atoms with Crippen molar-refractivity contribution in [3.8, 4) is 0 Å². The number of hydrogen-bond acceptors (Lipinski definition) is 6. The van der Waals surface area contributed by atoms with Gasteiger partial charge in [-0.05, 0) is 32.6 Å². The van der Waals surface area contributed by atoms with Crippen molar-refractivity contribution in [3.05, 3.63) is 12.7 Å². The van der Waals surface area contributed by atoms with Crippen LogP contribution >= 0.6 is 0 Å². The molecule has 0 saturated carbocycles. The second-order valence-corrected chi connectivity index (χ2v) is 7.51. The van der Waals surface area contributed by atoms with Crippen LogP contribution in [0.25, 0.3) is 0 Å². The van der Waals surface area contributed by atoms with E-state index in [0.717, 1.165) is 0 Å². The molecule has 0 radical (unpaired) electrons. The number of rotatable bonds is 12. The van der Waals surface area contributed by atoms with E-state index < -0.39 is 16.4 Å². The van der Waals surface area contributed by atoms with E-state index in [0.29, 0.717) is 0 Å². The monoisotopic (exact) mass is 445 g/mol. The molecule has 0 aliphatic rings. The van der Waals surface area contributed by atoms with Crippen LogP contribution in [0.5, 0.6) is 0 Å². The third-order valence-corrected chi connectivity index (χ3v) is 3.94. The quantitative estimate of drug-likeness (QED) is 0.335. The summed E-state index contributed by atoms with van der Waals surface area (Å²) >= 11 is 0. The molecule has 0 fully saturated rings. The van der Waals surface area contributed by atoms with Gasteiger partial charge in [0.05, 0.1) is 41.1 Å². The summed E-state index contributed by atoms with van der Waals surface area (Å²) in [4.78, 5) is 8.44. The Labute approximate surface area is 179 Å². The summed E-state index contributed by atoms with van der Waals surface area (Å²) in [5.74, 6) is 0. The average Bonchev–Trinajstić information content (AvgIpc) is 2.59. The first-order chi connectivity index (χ1) is 13.4. The maximum atomic E-state index is 8.60. The minimum atomic E-state index is -4.69. The number of carboxylic acid groups (broad SMARTS) is 2. The van der Waals surface area contributed by atoms with E-state index in [2.05, 4.69) is 34.3 Å². The lowest BCUT2D eigenvalue weighted by Gasteiger charge is -2.39. The van der Waals surface area contributed by atoms with Crippen LogP contribution in [-0.4, -0.2) is 46.6 Å². The third-order valence-electron chi connectivity index (χ3n) is 3.94. The highest BCUT2D eigenvalue weighted by molar-refractivity contribution is 5.50.